The fourth-order valence-corrected chi connectivity index (χ4v) is 0. The first-order chi connectivity index (χ1) is 14.0. The third-order valence-corrected chi connectivity index (χ3v) is 0. The van der Waals surface area contributed by atoms with Crippen molar-refractivity contribution in [2.75, 3.05) is 0 Å². The van der Waals surface area contributed by atoms with Crippen LogP contribution in [0, 0.1) is 0 Å². The topological polar surface area (TPSA) is 604 Å². The quantitative estimate of drug-likeness (QED) is 0.161. The predicted molar refractivity (Wildman–Crippen MR) is 70.5 cm³/mol. The molecule has 0 fully saturated rings. The van der Waals surface area contributed by atoms with Crippen LogP contribution < -0.4 is 191 Å². The predicted octanol–water partition coefficient (Wildman–Crippen LogP) is -29.9. The minimum atomic E-state index is -5.39. The van der Waals surface area contributed by atoms with E-state index in [9.17, 15) is 0 Å². The molecule has 0 heterocycles. The Hall–Kier alpha value is 6.93. The molecule has 0 N–H and O–H groups in total. The van der Waals surface area contributed by atoms with Gasteiger partial charge in [-0.1, -0.05) is 0 Å². The molecule has 0 aliphatic heterocycles. The van der Waals surface area contributed by atoms with E-state index in [1.165, 1.54) is 0 Å². The van der Waals surface area contributed by atoms with Crippen molar-refractivity contribution in [1.82, 2.24) is 0 Å². The Morgan fingerprint density at radius 1 is 0.205 bits per heavy atom. The van der Waals surface area contributed by atoms with E-state index in [1.54, 1.807) is 0 Å². The fraction of sp³-hybridized carbons (Fsp3) is 0. The summed E-state index contributed by atoms with van der Waals surface area (Å²) < 4.78 is 59.8. The van der Waals surface area contributed by atoms with Gasteiger partial charge in [0.1, 0.15) is 0 Å². The Morgan fingerprint density at radius 3 is 0.205 bits per heavy atom. The molecular weight excluding hydrogens is 982 g/mol. The van der Waals surface area contributed by atoms with Gasteiger partial charge < -0.3 is 135 Å². The minimum Gasteiger partial charge on any atom is -0.822 e. The van der Waals surface area contributed by atoms with E-state index in [0.717, 1.165) is 0 Å². The molecule has 44 heteroatoms. The van der Waals surface area contributed by atoms with Gasteiger partial charge in [0.25, 0.3) is 0 Å². The van der Waals surface area contributed by atoms with Crippen molar-refractivity contribution < 1.29 is 275 Å². The second kappa shape index (κ2) is 49.9. The summed E-state index contributed by atoms with van der Waals surface area (Å²) in [5, 5.41) is 0. The van der Waals surface area contributed by atoms with Crippen LogP contribution in [0.15, 0.2) is 0 Å². The third kappa shape index (κ3) is 2340. The SMILES string of the molecule is O=P([O-])([O-])[O-].O=P([O-])([O-])[O-].O=P([O-])([O-])[O-].O=P([O-])([O-])[O-].O=P([O-])([O-])[O-].O=P([O-])([O-])[O-].O=P([O-])([O-])[O-].[Al+3].[Al+3].[Al+3].[Fe+3].[Fe+3].[Fe+3].[Na+].[Na+].[Na+]. The maximum absolute atomic E-state index is 8.55. The minimum absolute atomic E-state index is 0. The standard InChI is InChI=1S/3Al.3Fe.3Na.7H3O4P/c;;;;;;;;;7*1-5(2,3)4/h;;;;;;;;;7*(H3,1,2,3,4)/q6*+3;3*+1;;;;;;;/p-21. The van der Waals surface area contributed by atoms with E-state index in [1.807, 2.05) is 0 Å². The Bertz CT molecular complexity index is 591. The molecule has 0 aromatic carbocycles. The van der Waals surface area contributed by atoms with Crippen LogP contribution in [0.25, 0.3) is 0 Å². The molecule has 0 saturated carbocycles. The number of hydrogen-bond acceptors (Lipinski definition) is 28. The zero-order valence-electron chi connectivity index (χ0n) is 20.4. The Morgan fingerprint density at radius 2 is 0.205 bits per heavy atom. The summed E-state index contributed by atoms with van der Waals surface area (Å²) in [5.74, 6) is 0. The van der Waals surface area contributed by atoms with Gasteiger partial charge in [-0.05, 0) is 0 Å². The first-order valence-electron chi connectivity index (χ1n) is 5.11. The summed E-state index contributed by atoms with van der Waals surface area (Å²) in [4.78, 5) is 180. The van der Waals surface area contributed by atoms with E-state index in [-0.39, 0.29) is 192 Å². The molecule has 3 radical (unpaired) electrons. The van der Waals surface area contributed by atoms with E-state index >= 15 is 0 Å². The maximum Gasteiger partial charge on any atom is 3.00 e. The molecule has 0 bridgehead atoms. The van der Waals surface area contributed by atoms with Crippen molar-refractivity contribution in [3.63, 3.8) is 0 Å². The van der Waals surface area contributed by atoms with Crippen molar-refractivity contribution in [3.05, 3.63) is 0 Å². The van der Waals surface area contributed by atoms with Gasteiger partial charge in [-0.3, -0.25) is 0 Å². The van der Waals surface area contributed by atoms with E-state index < -0.39 is 54.8 Å². The number of rotatable bonds is 0. The normalized spacial score (nSPS) is 9.39. The Balaban J connectivity index is -0.0000000144. The van der Waals surface area contributed by atoms with E-state index in [2.05, 4.69) is 0 Å². The summed E-state index contributed by atoms with van der Waals surface area (Å²) >= 11 is 0. The molecule has 0 aromatic rings. The molecule has 28 nitrogen and oxygen atoms in total. The third-order valence-electron chi connectivity index (χ3n) is 0. The van der Waals surface area contributed by atoms with Crippen LogP contribution in [0.1, 0.15) is 0 Å². The molecule has 0 aliphatic rings. The molecular formula is Al3Fe3Na3O28P7. The zero-order valence-corrected chi connectivity index (χ0v) is 39.4. The molecule has 44 heavy (non-hydrogen) atoms. The second-order valence-electron chi connectivity index (χ2n) is 3.13. The smallest absolute Gasteiger partial charge is 0.822 e. The molecule has 0 atom stereocenters. The number of phosphoric acid groups is 7. The van der Waals surface area contributed by atoms with Gasteiger partial charge in [0.05, 0.1) is 0 Å². The van der Waals surface area contributed by atoms with Crippen LogP contribution in [0.4, 0.5) is 0 Å². The van der Waals surface area contributed by atoms with Crippen LogP contribution in [0.2, 0.25) is 0 Å². The first-order valence-corrected chi connectivity index (χ1v) is 15.3. The molecule has 239 valence electrons. The van der Waals surface area contributed by atoms with E-state index in [0.29, 0.717) is 0 Å². The largest absolute Gasteiger partial charge is 3.00 e. The molecule has 0 rings (SSSR count). The zero-order chi connectivity index (χ0) is 31.5. The van der Waals surface area contributed by atoms with Gasteiger partial charge in [-0.15, -0.1) is 0 Å². The van der Waals surface area contributed by atoms with Crippen molar-refractivity contribution >= 4 is 107 Å². The van der Waals surface area contributed by atoms with Crippen molar-refractivity contribution in [1.29, 1.82) is 0 Å². The Labute approximate surface area is 376 Å². The van der Waals surface area contributed by atoms with Gasteiger partial charge in [0.2, 0.25) is 0 Å². The average Bonchev–Trinajstić information content (AvgIpc) is 2.06. The van der Waals surface area contributed by atoms with Crippen LogP contribution in [-0.4, -0.2) is 52.1 Å². The van der Waals surface area contributed by atoms with Gasteiger partial charge in [0.15, 0.2) is 0 Å². The average molecular weight is 982 g/mol. The summed E-state index contributed by atoms with van der Waals surface area (Å²) in [7, 11) is -37.7. The van der Waals surface area contributed by atoms with Crippen LogP contribution in [0.5, 0.6) is 0 Å². The summed E-state index contributed by atoms with van der Waals surface area (Å²) in [6.45, 7) is 0. The molecule has 0 amide bonds. The maximum atomic E-state index is 8.55. The van der Waals surface area contributed by atoms with Crippen molar-refractivity contribution in [2.45, 2.75) is 0 Å². The van der Waals surface area contributed by atoms with Crippen molar-refractivity contribution in [2.24, 2.45) is 0 Å². The second-order valence-corrected chi connectivity index (χ2v) is 9.39. The molecule has 0 aromatic heterocycles. The Kier molecular flexibility index (Phi) is 118. The fourth-order valence-electron chi connectivity index (χ4n) is 0. The first kappa shape index (κ1) is 104. The van der Waals surface area contributed by atoms with E-state index in [4.69, 9.17) is 135 Å². The molecule has 0 aliphatic carbocycles. The van der Waals surface area contributed by atoms with Crippen molar-refractivity contribution in [3.8, 4) is 0 Å². The summed E-state index contributed by atoms with van der Waals surface area (Å²) in [6, 6.07) is 0. The monoisotopic (exact) mass is 982 g/mol. The van der Waals surface area contributed by atoms with Crippen LogP contribution in [0.3, 0.4) is 0 Å². The van der Waals surface area contributed by atoms with Crippen LogP contribution in [-0.2, 0) is 83.2 Å². The number of hydrogen-bond donors (Lipinski definition) is 0. The van der Waals surface area contributed by atoms with Gasteiger partial charge in [0, 0.05) is 0 Å². The van der Waals surface area contributed by atoms with Gasteiger partial charge in [-0.25, -0.2) is 0 Å². The van der Waals surface area contributed by atoms with Crippen LogP contribution >= 0.6 is 54.8 Å². The molecule has 0 spiro atoms. The summed E-state index contributed by atoms with van der Waals surface area (Å²) in [6.07, 6.45) is 0. The van der Waals surface area contributed by atoms with Gasteiger partial charge in [-0.2, -0.15) is 54.8 Å². The molecule has 0 unspecified atom stereocenters. The van der Waals surface area contributed by atoms with Gasteiger partial charge >= 0.3 is 192 Å². The molecule has 0 saturated heterocycles. The summed E-state index contributed by atoms with van der Waals surface area (Å²) in [5.41, 5.74) is 0.